The molecule has 0 aromatic heterocycles. The molecule has 1 heterocycles. The maximum absolute atomic E-state index is 13.7. The van der Waals surface area contributed by atoms with Gasteiger partial charge in [-0.1, -0.05) is 60.1 Å². The molecule has 28 heavy (non-hydrogen) atoms. The fraction of sp³-hybridized carbons (Fsp3) is 0.429. The summed E-state index contributed by atoms with van der Waals surface area (Å²) in [7, 11) is 0. The topological polar surface area (TPSA) is 99.2 Å². The third kappa shape index (κ3) is 3.54. The molecule has 4 N–H and O–H groups in total. The summed E-state index contributed by atoms with van der Waals surface area (Å²) in [5.74, 6) is -1.07. The van der Waals surface area contributed by atoms with E-state index in [-0.39, 0.29) is 11.7 Å². The van der Waals surface area contributed by atoms with Gasteiger partial charge < -0.3 is 20.9 Å². The number of carbonyl (C=O) groups is 1. The van der Waals surface area contributed by atoms with Gasteiger partial charge in [-0.15, -0.1) is 0 Å². The first-order chi connectivity index (χ1) is 13.4. The molecule has 0 radical (unpaired) electrons. The summed E-state index contributed by atoms with van der Waals surface area (Å²) in [6.07, 6.45) is 6.56. The summed E-state index contributed by atoms with van der Waals surface area (Å²) in [5, 5.41) is 23.0. The maximum atomic E-state index is 13.7. The molecule has 0 bridgehead atoms. The molecular formula is C21H26ClN3O3. The molecule has 7 heteroatoms. The first-order valence-corrected chi connectivity index (χ1v) is 9.91. The lowest BCUT2D eigenvalue weighted by atomic mass is 9.67. The minimum absolute atomic E-state index is 0.198. The molecule has 1 amide bonds. The number of hydrogen-bond donors (Lipinski definition) is 3. The van der Waals surface area contributed by atoms with Crippen molar-refractivity contribution in [2.75, 3.05) is 13.1 Å². The number of amidine groups is 1. The molecule has 6 nitrogen and oxygen atoms in total. The molecule has 1 fully saturated rings. The van der Waals surface area contributed by atoms with Crippen LogP contribution < -0.4 is 5.73 Å². The van der Waals surface area contributed by atoms with Crippen LogP contribution in [0.15, 0.2) is 52.7 Å². The number of halogens is 1. The van der Waals surface area contributed by atoms with Crippen LogP contribution in [-0.2, 0) is 11.2 Å². The number of aryl methyl sites for hydroxylation is 1. The molecular weight excluding hydrogens is 378 g/mol. The molecule has 0 saturated carbocycles. The van der Waals surface area contributed by atoms with Gasteiger partial charge in [0.1, 0.15) is 5.41 Å². The van der Waals surface area contributed by atoms with Crippen molar-refractivity contribution < 1.29 is 15.1 Å². The van der Waals surface area contributed by atoms with Crippen molar-refractivity contribution in [2.24, 2.45) is 16.3 Å². The lowest BCUT2D eigenvalue weighted by molar-refractivity contribution is -0.139. The van der Waals surface area contributed by atoms with Crippen molar-refractivity contribution in [3.05, 3.63) is 58.7 Å². The van der Waals surface area contributed by atoms with Crippen LogP contribution >= 0.6 is 11.6 Å². The lowest BCUT2D eigenvalue weighted by Crippen LogP contribution is -2.56. The molecule has 1 saturated heterocycles. The standard InChI is InChI=1S/C21H26ClN3O3/c1-2-14-5-7-15(8-6-14)18-17(22)4-3-11-21(18,19(23)24-28)20(27)25-12-9-16(26)10-13-25/h3-8,11,16,18,26,28H,2,9-10,12-13H2,1H3,(H2,23,24). The van der Waals surface area contributed by atoms with Gasteiger partial charge in [-0.3, -0.25) is 4.79 Å². The monoisotopic (exact) mass is 403 g/mol. The highest BCUT2D eigenvalue weighted by molar-refractivity contribution is 6.31. The number of allylic oxidation sites excluding steroid dienone is 3. The van der Waals surface area contributed by atoms with Crippen LogP contribution in [0.3, 0.4) is 0 Å². The third-order valence-electron chi connectivity index (χ3n) is 5.70. The summed E-state index contributed by atoms with van der Waals surface area (Å²) in [6, 6.07) is 7.87. The number of piperidine rings is 1. The van der Waals surface area contributed by atoms with Crippen LogP contribution in [-0.4, -0.2) is 46.1 Å². The van der Waals surface area contributed by atoms with E-state index in [1.54, 1.807) is 23.1 Å². The van der Waals surface area contributed by atoms with Gasteiger partial charge in [-0.25, -0.2) is 0 Å². The van der Waals surface area contributed by atoms with Crippen molar-refractivity contribution in [3.8, 4) is 0 Å². The Bertz CT molecular complexity index is 811. The molecule has 1 aliphatic carbocycles. The number of carbonyl (C=O) groups excluding carboxylic acids is 1. The third-order valence-corrected chi connectivity index (χ3v) is 6.05. The fourth-order valence-electron chi connectivity index (χ4n) is 4.02. The smallest absolute Gasteiger partial charge is 0.241 e. The van der Waals surface area contributed by atoms with Crippen LogP contribution in [0.2, 0.25) is 0 Å². The van der Waals surface area contributed by atoms with Gasteiger partial charge >= 0.3 is 0 Å². The Labute approximate surface area is 170 Å². The van der Waals surface area contributed by atoms with E-state index in [1.165, 1.54) is 5.56 Å². The number of aliphatic hydroxyl groups excluding tert-OH is 1. The minimum Gasteiger partial charge on any atom is -0.409 e. The fourth-order valence-corrected chi connectivity index (χ4v) is 4.39. The molecule has 150 valence electrons. The first kappa shape index (κ1) is 20.4. The van der Waals surface area contributed by atoms with E-state index >= 15 is 0 Å². The summed E-state index contributed by atoms with van der Waals surface area (Å²) in [5.41, 5.74) is 6.70. The molecule has 0 spiro atoms. The van der Waals surface area contributed by atoms with Crippen LogP contribution in [0, 0.1) is 5.41 Å². The van der Waals surface area contributed by atoms with E-state index in [9.17, 15) is 15.1 Å². The van der Waals surface area contributed by atoms with Crippen molar-refractivity contribution in [1.29, 1.82) is 0 Å². The molecule has 1 aliphatic heterocycles. The highest BCUT2D eigenvalue weighted by Gasteiger charge is 2.52. The normalized spacial score (nSPS) is 26.2. The second kappa shape index (κ2) is 8.37. The Morgan fingerprint density at radius 2 is 1.96 bits per heavy atom. The SMILES string of the molecule is CCc1ccc(C2C(Cl)=CC=CC2(C(=O)N2CCC(O)CC2)C(N)=NO)cc1. The molecule has 2 aliphatic rings. The zero-order valence-electron chi connectivity index (χ0n) is 15.9. The second-order valence-corrected chi connectivity index (χ2v) is 7.75. The molecule has 3 rings (SSSR count). The van der Waals surface area contributed by atoms with Crippen LogP contribution in [0.4, 0.5) is 0 Å². The van der Waals surface area contributed by atoms with Gasteiger partial charge in [0.2, 0.25) is 5.91 Å². The average Bonchev–Trinajstić information content (AvgIpc) is 2.73. The first-order valence-electron chi connectivity index (χ1n) is 9.53. The highest BCUT2D eigenvalue weighted by Crippen LogP contribution is 2.48. The van der Waals surface area contributed by atoms with E-state index in [1.807, 2.05) is 24.3 Å². The minimum atomic E-state index is -1.42. The van der Waals surface area contributed by atoms with Crippen molar-refractivity contribution in [3.63, 3.8) is 0 Å². The van der Waals surface area contributed by atoms with Crippen molar-refractivity contribution in [2.45, 2.75) is 38.2 Å². The van der Waals surface area contributed by atoms with E-state index in [4.69, 9.17) is 17.3 Å². The van der Waals surface area contributed by atoms with Crippen LogP contribution in [0.5, 0.6) is 0 Å². The Kier molecular flexibility index (Phi) is 6.10. The number of oxime groups is 1. The Hall–Kier alpha value is -2.31. The van der Waals surface area contributed by atoms with Gasteiger partial charge in [0, 0.05) is 24.0 Å². The van der Waals surface area contributed by atoms with Gasteiger partial charge in [0.05, 0.1) is 6.10 Å². The summed E-state index contributed by atoms with van der Waals surface area (Å²) >= 11 is 6.59. The van der Waals surface area contributed by atoms with Gasteiger partial charge in [-0.2, -0.15) is 0 Å². The molecule has 1 aromatic carbocycles. The van der Waals surface area contributed by atoms with Gasteiger partial charge in [-0.05, 0) is 36.5 Å². The number of aliphatic hydroxyl groups is 1. The quantitative estimate of drug-likeness (QED) is 0.311. The predicted octanol–water partition coefficient (Wildman–Crippen LogP) is 2.74. The molecule has 1 aromatic rings. The largest absolute Gasteiger partial charge is 0.409 e. The number of rotatable bonds is 4. The lowest BCUT2D eigenvalue weighted by Gasteiger charge is -2.42. The summed E-state index contributed by atoms with van der Waals surface area (Å²) in [6.45, 7) is 2.90. The van der Waals surface area contributed by atoms with Crippen LogP contribution in [0.25, 0.3) is 0 Å². The molecule has 2 atom stereocenters. The summed E-state index contributed by atoms with van der Waals surface area (Å²) in [4.78, 5) is 15.3. The number of likely N-dealkylation sites (tertiary alicyclic amines) is 1. The summed E-state index contributed by atoms with van der Waals surface area (Å²) < 4.78 is 0. The van der Waals surface area contributed by atoms with E-state index in [0.717, 1.165) is 12.0 Å². The van der Waals surface area contributed by atoms with E-state index < -0.39 is 17.4 Å². The van der Waals surface area contributed by atoms with Gasteiger partial charge in [0.15, 0.2) is 5.84 Å². The number of nitrogens with two attached hydrogens (primary N) is 1. The number of nitrogens with zero attached hydrogens (tertiary/aromatic N) is 2. The van der Waals surface area contributed by atoms with Crippen LogP contribution in [0.1, 0.15) is 36.8 Å². The van der Waals surface area contributed by atoms with Gasteiger partial charge in [0.25, 0.3) is 0 Å². The maximum Gasteiger partial charge on any atom is 0.241 e. The zero-order valence-corrected chi connectivity index (χ0v) is 16.6. The second-order valence-electron chi connectivity index (χ2n) is 7.32. The number of benzene rings is 1. The Balaban J connectivity index is 2.09. The molecule has 2 unspecified atom stereocenters. The van der Waals surface area contributed by atoms with E-state index in [0.29, 0.717) is 31.0 Å². The highest BCUT2D eigenvalue weighted by atomic mass is 35.5. The van der Waals surface area contributed by atoms with Crippen molar-refractivity contribution in [1.82, 2.24) is 4.90 Å². The number of amides is 1. The Morgan fingerprint density at radius 1 is 1.32 bits per heavy atom. The zero-order chi connectivity index (χ0) is 20.3. The van der Waals surface area contributed by atoms with E-state index in [2.05, 4.69) is 12.1 Å². The predicted molar refractivity (Wildman–Crippen MR) is 109 cm³/mol. The number of hydrogen-bond acceptors (Lipinski definition) is 4. The average molecular weight is 404 g/mol. The van der Waals surface area contributed by atoms with Crippen molar-refractivity contribution >= 4 is 23.3 Å². The Morgan fingerprint density at radius 3 is 2.54 bits per heavy atom.